The van der Waals surface area contributed by atoms with Crippen molar-refractivity contribution in [2.75, 3.05) is 20.1 Å². The van der Waals surface area contributed by atoms with Gasteiger partial charge in [0, 0.05) is 32.3 Å². The average Bonchev–Trinajstić information content (AvgIpc) is 3.12. The number of aromatic amines is 1. The molecule has 122 valence electrons. The van der Waals surface area contributed by atoms with Gasteiger partial charge in [0.1, 0.15) is 12.2 Å². The highest BCUT2D eigenvalue weighted by molar-refractivity contribution is 5.79. The Bertz CT molecular complexity index is 642. The Hall–Kier alpha value is -2.44. The van der Waals surface area contributed by atoms with Crippen LogP contribution in [0.4, 0.5) is 0 Å². The Balaban J connectivity index is 1.55. The van der Waals surface area contributed by atoms with Gasteiger partial charge in [0.2, 0.25) is 0 Å². The summed E-state index contributed by atoms with van der Waals surface area (Å²) in [5, 5.41) is 10.4. The summed E-state index contributed by atoms with van der Waals surface area (Å²) in [5.74, 6) is 2.40. The Morgan fingerprint density at radius 1 is 1.39 bits per heavy atom. The summed E-state index contributed by atoms with van der Waals surface area (Å²) in [7, 11) is 1.83. The first-order valence-corrected chi connectivity index (χ1v) is 7.99. The van der Waals surface area contributed by atoms with Gasteiger partial charge in [-0.15, -0.1) is 0 Å². The maximum absolute atomic E-state index is 4.42. The summed E-state index contributed by atoms with van der Waals surface area (Å²) in [6.07, 6.45) is 5.52. The molecule has 2 aromatic rings. The van der Waals surface area contributed by atoms with Crippen LogP contribution in [0.25, 0.3) is 0 Å². The predicted molar refractivity (Wildman–Crippen MR) is 89.1 cm³/mol. The van der Waals surface area contributed by atoms with Crippen molar-refractivity contribution in [1.29, 1.82) is 0 Å². The Morgan fingerprint density at radius 3 is 2.87 bits per heavy atom. The lowest BCUT2D eigenvalue weighted by molar-refractivity contribution is 0.298. The van der Waals surface area contributed by atoms with Crippen molar-refractivity contribution in [3.05, 3.63) is 41.7 Å². The van der Waals surface area contributed by atoms with E-state index in [0.717, 1.165) is 43.4 Å². The molecule has 2 aromatic heterocycles. The highest BCUT2D eigenvalue weighted by Crippen LogP contribution is 2.24. The van der Waals surface area contributed by atoms with Gasteiger partial charge < -0.3 is 10.2 Å². The van der Waals surface area contributed by atoms with Gasteiger partial charge in [-0.05, 0) is 31.4 Å². The van der Waals surface area contributed by atoms with Gasteiger partial charge in [-0.1, -0.05) is 6.07 Å². The number of hydrogen-bond donors (Lipinski definition) is 2. The zero-order valence-corrected chi connectivity index (χ0v) is 13.7. The number of nitrogens with zero attached hydrogens (tertiary/aromatic N) is 5. The van der Waals surface area contributed by atoms with E-state index in [-0.39, 0.29) is 0 Å². The molecule has 0 aliphatic carbocycles. The van der Waals surface area contributed by atoms with Crippen LogP contribution >= 0.6 is 0 Å². The number of H-pyrrole nitrogens is 1. The van der Waals surface area contributed by atoms with Gasteiger partial charge in [-0.25, -0.2) is 4.98 Å². The van der Waals surface area contributed by atoms with Crippen molar-refractivity contribution < 1.29 is 0 Å². The molecule has 23 heavy (non-hydrogen) atoms. The second-order valence-electron chi connectivity index (χ2n) is 5.80. The van der Waals surface area contributed by atoms with Gasteiger partial charge in [0.15, 0.2) is 5.96 Å². The van der Waals surface area contributed by atoms with E-state index in [1.165, 1.54) is 5.56 Å². The molecule has 7 nitrogen and oxygen atoms in total. The summed E-state index contributed by atoms with van der Waals surface area (Å²) in [6.45, 7) is 4.70. The number of piperidine rings is 1. The standard InChI is InChI=1S/C16H23N7/c1-12-4-3-7-18-14(12)10-19-16(17-2)23-8-5-13(6-9-23)15-20-11-21-22-15/h3-4,7,11,13H,5-6,8-10H2,1-2H3,(H,17,19)(H,20,21,22). The molecule has 0 unspecified atom stereocenters. The smallest absolute Gasteiger partial charge is 0.193 e. The quantitative estimate of drug-likeness (QED) is 0.662. The van der Waals surface area contributed by atoms with Crippen LogP contribution in [0.5, 0.6) is 0 Å². The molecule has 7 heteroatoms. The molecule has 0 amide bonds. The van der Waals surface area contributed by atoms with E-state index in [0.29, 0.717) is 12.5 Å². The maximum atomic E-state index is 4.42. The molecule has 3 rings (SSSR count). The summed E-state index contributed by atoms with van der Waals surface area (Å²) in [4.78, 5) is 15.4. The summed E-state index contributed by atoms with van der Waals surface area (Å²) in [5.41, 5.74) is 2.25. The van der Waals surface area contributed by atoms with Crippen molar-refractivity contribution in [3.63, 3.8) is 0 Å². The minimum atomic E-state index is 0.463. The third-order valence-corrected chi connectivity index (χ3v) is 4.36. The SMILES string of the molecule is CN=C(NCc1ncccc1C)N1CCC(c2ncn[nH]2)CC1. The lowest BCUT2D eigenvalue weighted by atomic mass is 9.96. The molecule has 0 bridgehead atoms. The fourth-order valence-corrected chi connectivity index (χ4v) is 2.97. The normalized spacial score (nSPS) is 16.6. The molecule has 1 aliphatic rings. The second-order valence-corrected chi connectivity index (χ2v) is 5.80. The number of aliphatic imine (C=N–C) groups is 1. The molecule has 3 heterocycles. The van der Waals surface area contributed by atoms with Gasteiger partial charge in [0.25, 0.3) is 0 Å². The molecule has 1 fully saturated rings. The molecule has 1 saturated heterocycles. The number of rotatable bonds is 3. The van der Waals surface area contributed by atoms with Gasteiger partial charge in [-0.2, -0.15) is 5.10 Å². The molecular weight excluding hydrogens is 290 g/mol. The summed E-state index contributed by atoms with van der Waals surface area (Å²) in [6, 6.07) is 4.04. The van der Waals surface area contributed by atoms with Crippen LogP contribution in [0.1, 0.15) is 35.8 Å². The van der Waals surface area contributed by atoms with Crippen molar-refractivity contribution >= 4 is 5.96 Å². The first-order chi connectivity index (χ1) is 11.3. The molecular formula is C16H23N7. The zero-order chi connectivity index (χ0) is 16.1. The fraction of sp³-hybridized carbons (Fsp3) is 0.500. The van der Waals surface area contributed by atoms with Crippen LogP contribution in [0.15, 0.2) is 29.6 Å². The minimum Gasteiger partial charge on any atom is -0.351 e. The molecule has 2 N–H and O–H groups in total. The fourth-order valence-electron chi connectivity index (χ4n) is 2.97. The predicted octanol–water partition coefficient (Wildman–Crippen LogP) is 1.46. The average molecular weight is 313 g/mol. The number of hydrogen-bond acceptors (Lipinski definition) is 4. The van der Waals surface area contributed by atoms with Gasteiger partial charge >= 0.3 is 0 Å². The van der Waals surface area contributed by atoms with E-state index in [1.54, 1.807) is 6.33 Å². The molecule has 0 radical (unpaired) electrons. The largest absolute Gasteiger partial charge is 0.351 e. The third kappa shape index (κ3) is 3.67. The van der Waals surface area contributed by atoms with Crippen LogP contribution in [0, 0.1) is 6.92 Å². The van der Waals surface area contributed by atoms with Crippen molar-refractivity contribution in [2.45, 2.75) is 32.2 Å². The van der Waals surface area contributed by atoms with Crippen LogP contribution < -0.4 is 5.32 Å². The second kappa shape index (κ2) is 7.21. The van der Waals surface area contributed by atoms with E-state index < -0.39 is 0 Å². The van der Waals surface area contributed by atoms with E-state index in [4.69, 9.17) is 0 Å². The van der Waals surface area contributed by atoms with Crippen molar-refractivity contribution in [1.82, 2.24) is 30.4 Å². The number of guanidine groups is 1. The van der Waals surface area contributed by atoms with E-state index >= 15 is 0 Å². The molecule has 1 aliphatic heterocycles. The van der Waals surface area contributed by atoms with Crippen molar-refractivity contribution in [3.8, 4) is 0 Å². The van der Waals surface area contributed by atoms with Crippen molar-refractivity contribution in [2.24, 2.45) is 4.99 Å². The summed E-state index contributed by atoms with van der Waals surface area (Å²) < 4.78 is 0. The monoisotopic (exact) mass is 313 g/mol. The highest BCUT2D eigenvalue weighted by Gasteiger charge is 2.24. The number of aromatic nitrogens is 4. The molecule has 0 atom stereocenters. The summed E-state index contributed by atoms with van der Waals surface area (Å²) >= 11 is 0. The lowest BCUT2D eigenvalue weighted by Crippen LogP contribution is -2.45. The third-order valence-electron chi connectivity index (χ3n) is 4.36. The van der Waals surface area contributed by atoms with E-state index in [9.17, 15) is 0 Å². The first kappa shape index (κ1) is 15.5. The van der Waals surface area contributed by atoms with E-state index in [1.807, 2.05) is 19.3 Å². The highest BCUT2D eigenvalue weighted by atomic mass is 15.3. The van der Waals surface area contributed by atoms with Crippen LogP contribution in [0.3, 0.4) is 0 Å². The van der Waals surface area contributed by atoms with Crippen LogP contribution in [0.2, 0.25) is 0 Å². The Labute approximate surface area is 136 Å². The Kier molecular flexibility index (Phi) is 4.85. The van der Waals surface area contributed by atoms with Crippen LogP contribution in [-0.2, 0) is 6.54 Å². The minimum absolute atomic E-state index is 0.463. The van der Waals surface area contributed by atoms with Gasteiger partial charge in [-0.3, -0.25) is 15.1 Å². The lowest BCUT2D eigenvalue weighted by Gasteiger charge is -2.33. The van der Waals surface area contributed by atoms with E-state index in [2.05, 4.69) is 48.4 Å². The first-order valence-electron chi connectivity index (χ1n) is 7.99. The zero-order valence-electron chi connectivity index (χ0n) is 13.7. The topological polar surface area (TPSA) is 82.1 Å². The molecule has 0 saturated carbocycles. The number of pyridine rings is 1. The number of aryl methyl sites for hydroxylation is 1. The molecule has 0 spiro atoms. The Morgan fingerprint density at radius 2 is 2.22 bits per heavy atom. The molecule has 0 aromatic carbocycles. The van der Waals surface area contributed by atoms with Crippen LogP contribution in [-0.4, -0.2) is 51.2 Å². The van der Waals surface area contributed by atoms with Gasteiger partial charge in [0.05, 0.1) is 12.2 Å². The maximum Gasteiger partial charge on any atom is 0.193 e. The number of likely N-dealkylation sites (tertiary alicyclic amines) is 1. The number of nitrogens with one attached hydrogen (secondary N) is 2.